The Bertz CT molecular complexity index is 853. The quantitative estimate of drug-likeness (QED) is 0.725. The summed E-state index contributed by atoms with van der Waals surface area (Å²) in [5, 5.41) is 1.88. The fourth-order valence-corrected chi connectivity index (χ4v) is 3.02. The van der Waals surface area contributed by atoms with E-state index < -0.39 is 0 Å². The fraction of sp³-hybridized carbons (Fsp3) is 0.143. The molecule has 0 atom stereocenters. The Balaban J connectivity index is 1.74. The standard InChI is InChI=1S/C14H10N2O3S/c17-14-13-10(3-4-20-13)15-7-16(14)6-9-1-2-11-12(5-9)19-8-18-11/h1-5,7H,6,8H2. The molecule has 3 heterocycles. The van der Waals surface area contributed by atoms with Gasteiger partial charge in [0.2, 0.25) is 6.79 Å². The molecule has 1 aliphatic rings. The van der Waals surface area contributed by atoms with Gasteiger partial charge >= 0.3 is 0 Å². The van der Waals surface area contributed by atoms with Crippen molar-refractivity contribution in [3.05, 3.63) is 51.9 Å². The Morgan fingerprint density at radius 3 is 3.10 bits per heavy atom. The number of ether oxygens (including phenoxy) is 2. The first-order valence-corrected chi connectivity index (χ1v) is 7.00. The van der Waals surface area contributed by atoms with E-state index in [-0.39, 0.29) is 12.4 Å². The lowest BCUT2D eigenvalue weighted by Crippen LogP contribution is -2.20. The summed E-state index contributed by atoms with van der Waals surface area (Å²) in [5.74, 6) is 1.47. The second-order valence-electron chi connectivity index (χ2n) is 4.50. The van der Waals surface area contributed by atoms with E-state index in [0.717, 1.165) is 22.6 Å². The van der Waals surface area contributed by atoms with Gasteiger partial charge in [0.25, 0.3) is 5.56 Å². The average Bonchev–Trinajstić information content (AvgIpc) is 3.10. The zero-order valence-corrected chi connectivity index (χ0v) is 11.2. The molecule has 0 amide bonds. The van der Waals surface area contributed by atoms with Crippen LogP contribution in [0, 0.1) is 0 Å². The van der Waals surface area contributed by atoms with Gasteiger partial charge in [0, 0.05) is 0 Å². The van der Waals surface area contributed by atoms with Crippen molar-refractivity contribution in [2.75, 3.05) is 6.79 Å². The summed E-state index contributed by atoms with van der Waals surface area (Å²) in [6, 6.07) is 7.54. The Morgan fingerprint density at radius 2 is 2.15 bits per heavy atom. The van der Waals surface area contributed by atoms with E-state index in [1.807, 2.05) is 29.6 Å². The third-order valence-electron chi connectivity index (χ3n) is 3.23. The van der Waals surface area contributed by atoms with Crippen LogP contribution in [-0.4, -0.2) is 16.3 Å². The average molecular weight is 286 g/mol. The summed E-state index contributed by atoms with van der Waals surface area (Å²) in [5.41, 5.74) is 1.72. The predicted molar refractivity (Wildman–Crippen MR) is 75.5 cm³/mol. The maximum atomic E-state index is 12.3. The molecule has 3 aromatic rings. The van der Waals surface area contributed by atoms with Gasteiger partial charge in [-0.3, -0.25) is 9.36 Å². The normalized spacial score (nSPS) is 13.0. The van der Waals surface area contributed by atoms with Crippen LogP contribution in [0.5, 0.6) is 11.5 Å². The molecule has 100 valence electrons. The summed E-state index contributed by atoms with van der Waals surface area (Å²) >= 11 is 1.42. The summed E-state index contributed by atoms with van der Waals surface area (Å²) in [6.07, 6.45) is 1.59. The first-order valence-electron chi connectivity index (χ1n) is 6.12. The smallest absolute Gasteiger partial charge is 0.271 e. The number of aromatic nitrogens is 2. The molecule has 0 fully saturated rings. The Labute approximate surface area is 118 Å². The van der Waals surface area contributed by atoms with Crippen LogP contribution in [-0.2, 0) is 6.54 Å². The van der Waals surface area contributed by atoms with Crippen molar-refractivity contribution in [3.8, 4) is 11.5 Å². The molecule has 0 saturated carbocycles. The minimum Gasteiger partial charge on any atom is -0.454 e. The highest BCUT2D eigenvalue weighted by Gasteiger charge is 2.14. The highest BCUT2D eigenvalue weighted by molar-refractivity contribution is 7.17. The molecule has 1 aromatic carbocycles. The SMILES string of the molecule is O=c1c2sccc2ncn1Cc1ccc2c(c1)OCO2. The van der Waals surface area contributed by atoms with Crippen LogP contribution >= 0.6 is 11.3 Å². The van der Waals surface area contributed by atoms with Gasteiger partial charge in [-0.15, -0.1) is 11.3 Å². The lowest BCUT2D eigenvalue weighted by Gasteiger charge is -2.06. The van der Waals surface area contributed by atoms with E-state index in [1.54, 1.807) is 10.9 Å². The van der Waals surface area contributed by atoms with Crippen molar-refractivity contribution in [3.63, 3.8) is 0 Å². The highest BCUT2D eigenvalue weighted by atomic mass is 32.1. The second-order valence-corrected chi connectivity index (χ2v) is 5.42. The van der Waals surface area contributed by atoms with Crippen LogP contribution in [0.1, 0.15) is 5.56 Å². The Hall–Kier alpha value is -2.34. The second kappa shape index (κ2) is 4.35. The van der Waals surface area contributed by atoms with Crippen LogP contribution in [0.3, 0.4) is 0 Å². The number of hydrogen-bond acceptors (Lipinski definition) is 5. The third kappa shape index (κ3) is 1.77. The lowest BCUT2D eigenvalue weighted by molar-refractivity contribution is 0.174. The molecule has 2 aromatic heterocycles. The van der Waals surface area contributed by atoms with Crippen molar-refractivity contribution in [1.29, 1.82) is 0 Å². The monoisotopic (exact) mass is 286 g/mol. The van der Waals surface area contributed by atoms with Gasteiger partial charge in [-0.1, -0.05) is 6.07 Å². The van der Waals surface area contributed by atoms with Gasteiger partial charge in [0.15, 0.2) is 11.5 Å². The van der Waals surface area contributed by atoms with E-state index in [4.69, 9.17) is 9.47 Å². The molecule has 0 N–H and O–H groups in total. The third-order valence-corrected chi connectivity index (χ3v) is 4.12. The van der Waals surface area contributed by atoms with E-state index in [1.165, 1.54) is 11.3 Å². The molecule has 0 spiro atoms. The van der Waals surface area contributed by atoms with Gasteiger partial charge in [0.05, 0.1) is 18.4 Å². The molecule has 5 nitrogen and oxygen atoms in total. The van der Waals surface area contributed by atoms with Crippen LogP contribution in [0.25, 0.3) is 10.2 Å². The zero-order chi connectivity index (χ0) is 13.5. The molecule has 6 heteroatoms. The minimum absolute atomic E-state index is 0.0114. The van der Waals surface area contributed by atoms with Gasteiger partial charge in [-0.2, -0.15) is 0 Å². The van der Waals surface area contributed by atoms with Crippen molar-refractivity contribution in [2.24, 2.45) is 0 Å². The minimum atomic E-state index is -0.0114. The van der Waals surface area contributed by atoms with E-state index in [0.29, 0.717) is 11.2 Å². The van der Waals surface area contributed by atoms with E-state index in [2.05, 4.69) is 4.98 Å². The van der Waals surface area contributed by atoms with E-state index >= 15 is 0 Å². The van der Waals surface area contributed by atoms with Crippen molar-refractivity contribution in [2.45, 2.75) is 6.54 Å². The highest BCUT2D eigenvalue weighted by Crippen LogP contribution is 2.32. The molecule has 20 heavy (non-hydrogen) atoms. The number of rotatable bonds is 2. The predicted octanol–water partition coefficient (Wildman–Crippen LogP) is 2.24. The molecule has 0 bridgehead atoms. The molecule has 4 rings (SSSR count). The maximum absolute atomic E-state index is 12.3. The number of fused-ring (bicyclic) bond motifs is 2. The first kappa shape index (κ1) is 11.5. The van der Waals surface area contributed by atoms with Gasteiger partial charge in [0.1, 0.15) is 4.70 Å². The Kier molecular flexibility index (Phi) is 2.50. The topological polar surface area (TPSA) is 53.4 Å². The van der Waals surface area contributed by atoms with E-state index in [9.17, 15) is 4.79 Å². The van der Waals surface area contributed by atoms with Gasteiger partial charge in [-0.05, 0) is 29.1 Å². The van der Waals surface area contributed by atoms with Crippen molar-refractivity contribution < 1.29 is 9.47 Å². The summed E-state index contributed by atoms with van der Waals surface area (Å²) in [7, 11) is 0. The van der Waals surface area contributed by atoms with Crippen LogP contribution in [0.15, 0.2) is 40.8 Å². The summed E-state index contributed by atoms with van der Waals surface area (Å²) in [6.45, 7) is 0.720. The van der Waals surface area contributed by atoms with Crippen LogP contribution in [0.2, 0.25) is 0 Å². The largest absolute Gasteiger partial charge is 0.454 e. The fourth-order valence-electron chi connectivity index (χ4n) is 2.23. The van der Waals surface area contributed by atoms with Crippen LogP contribution < -0.4 is 15.0 Å². The molecule has 0 unspecified atom stereocenters. The molecule has 0 aliphatic carbocycles. The van der Waals surface area contributed by atoms with Crippen molar-refractivity contribution in [1.82, 2.24) is 9.55 Å². The first-order chi connectivity index (χ1) is 9.81. The summed E-state index contributed by atoms with van der Waals surface area (Å²) in [4.78, 5) is 16.6. The number of nitrogens with zero attached hydrogens (tertiary/aromatic N) is 2. The number of hydrogen-bond donors (Lipinski definition) is 0. The number of thiophene rings is 1. The van der Waals surface area contributed by atoms with Crippen molar-refractivity contribution >= 4 is 21.6 Å². The van der Waals surface area contributed by atoms with Crippen LogP contribution in [0.4, 0.5) is 0 Å². The van der Waals surface area contributed by atoms with Gasteiger partial charge in [-0.25, -0.2) is 4.98 Å². The summed E-state index contributed by atoms with van der Waals surface area (Å²) < 4.78 is 12.9. The van der Waals surface area contributed by atoms with Gasteiger partial charge < -0.3 is 9.47 Å². The molecule has 0 saturated heterocycles. The molecular formula is C14H10N2O3S. The number of benzene rings is 1. The zero-order valence-electron chi connectivity index (χ0n) is 10.4. The molecule has 0 radical (unpaired) electrons. The maximum Gasteiger partial charge on any atom is 0.271 e. The lowest BCUT2D eigenvalue weighted by atomic mass is 10.2. The Morgan fingerprint density at radius 1 is 1.25 bits per heavy atom. The molecule has 1 aliphatic heterocycles. The molecular weight excluding hydrogens is 276 g/mol.